The van der Waals surface area contributed by atoms with Gasteiger partial charge in [0.25, 0.3) is 5.09 Å². The Morgan fingerprint density at radius 3 is 2.48 bits per heavy atom. The van der Waals surface area contributed by atoms with Crippen molar-refractivity contribution < 1.29 is 19.4 Å². The van der Waals surface area contributed by atoms with E-state index in [1.54, 1.807) is 24.3 Å². The summed E-state index contributed by atoms with van der Waals surface area (Å²) in [6, 6.07) is 12.0. The standard InChI is InChI=1S/C20H17Cl3N3O5/c21-15-3-1-14(2-4-15)12-29-9-10-30-19(17-6-5-16(22)11-18(17)23)20(31-26(27)28)25-8-7-24-13-25/h1-8,11,13,20H,9-10,12H2. The molecule has 0 spiro atoms. The van der Waals surface area contributed by atoms with Gasteiger partial charge in [-0.05, 0) is 29.8 Å². The third-order valence-electron chi connectivity index (χ3n) is 4.07. The summed E-state index contributed by atoms with van der Waals surface area (Å²) in [5.41, 5.74) is 1.34. The van der Waals surface area contributed by atoms with Gasteiger partial charge in [0.15, 0.2) is 6.10 Å². The predicted molar refractivity (Wildman–Crippen MR) is 115 cm³/mol. The molecule has 8 nitrogen and oxygen atoms in total. The fourth-order valence-corrected chi connectivity index (χ4v) is 3.31. The maximum Gasteiger partial charge on any atom is 0.296 e. The zero-order valence-corrected chi connectivity index (χ0v) is 18.3. The molecule has 1 radical (unpaired) electrons. The number of nitrogens with zero attached hydrogens (tertiary/aromatic N) is 3. The van der Waals surface area contributed by atoms with E-state index in [4.69, 9.17) is 49.1 Å². The van der Waals surface area contributed by atoms with E-state index in [-0.39, 0.29) is 24.3 Å². The lowest BCUT2D eigenvalue weighted by atomic mass is 10.1. The zero-order chi connectivity index (χ0) is 22.2. The van der Waals surface area contributed by atoms with Gasteiger partial charge < -0.3 is 14.0 Å². The van der Waals surface area contributed by atoms with Crippen molar-refractivity contribution in [2.75, 3.05) is 13.2 Å². The van der Waals surface area contributed by atoms with Gasteiger partial charge in [0, 0.05) is 33.0 Å². The van der Waals surface area contributed by atoms with Gasteiger partial charge in [0.1, 0.15) is 0 Å². The first-order valence-corrected chi connectivity index (χ1v) is 10.1. The molecular formula is C20H17Cl3N3O5. The maximum atomic E-state index is 11.1. The van der Waals surface area contributed by atoms with Crippen molar-refractivity contribution in [2.24, 2.45) is 0 Å². The van der Waals surface area contributed by atoms with E-state index in [1.807, 2.05) is 12.1 Å². The number of aromatic nitrogens is 2. The third kappa shape index (κ3) is 6.81. The number of hydrogen-bond donors (Lipinski definition) is 0. The van der Waals surface area contributed by atoms with Gasteiger partial charge in [0.05, 0.1) is 26.1 Å². The fourth-order valence-electron chi connectivity index (χ4n) is 2.68. The van der Waals surface area contributed by atoms with E-state index in [2.05, 4.69) is 4.98 Å². The van der Waals surface area contributed by atoms with Crippen LogP contribution in [0.5, 0.6) is 0 Å². The van der Waals surface area contributed by atoms with Crippen LogP contribution in [0.1, 0.15) is 17.4 Å². The molecule has 0 N–H and O–H groups in total. The van der Waals surface area contributed by atoms with Gasteiger partial charge in [-0.15, -0.1) is 10.1 Å². The molecule has 0 saturated carbocycles. The number of hydrogen-bond acceptors (Lipinski definition) is 6. The van der Waals surface area contributed by atoms with Crippen LogP contribution in [0.25, 0.3) is 0 Å². The molecule has 0 bridgehead atoms. The Labute approximate surface area is 193 Å². The van der Waals surface area contributed by atoms with E-state index in [0.717, 1.165) is 5.56 Å². The highest BCUT2D eigenvalue weighted by Gasteiger charge is 2.32. The maximum absolute atomic E-state index is 11.1. The minimum absolute atomic E-state index is 0.0914. The molecular weight excluding hydrogens is 469 g/mol. The molecule has 0 aliphatic rings. The first-order chi connectivity index (χ1) is 14.9. The molecule has 0 fully saturated rings. The monoisotopic (exact) mass is 484 g/mol. The van der Waals surface area contributed by atoms with Crippen molar-refractivity contribution in [3.05, 3.63) is 104 Å². The number of imidazole rings is 1. The first-order valence-electron chi connectivity index (χ1n) is 9.00. The highest BCUT2D eigenvalue weighted by atomic mass is 35.5. The van der Waals surface area contributed by atoms with Gasteiger partial charge >= 0.3 is 0 Å². The van der Waals surface area contributed by atoms with Crippen molar-refractivity contribution in [1.82, 2.24) is 9.55 Å². The molecule has 1 aromatic heterocycles. The zero-order valence-electron chi connectivity index (χ0n) is 16.0. The molecule has 0 aliphatic heterocycles. The van der Waals surface area contributed by atoms with E-state index in [9.17, 15) is 10.1 Å². The van der Waals surface area contributed by atoms with Crippen LogP contribution in [-0.2, 0) is 20.9 Å². The molecule has 2 aromatic carbocycles. The largest absolute Gasteiger partial charge is 0.374 e. The van der Waals surface area contributed by atoms with Crippen molar-refractivity contribution in [2.45, 2.75) is 12.8 Å². The number of halogens is 3. The van der Waals surface area contributed by atoms with Crippen LogP contribution < -0.4 is 0 Å². The minimum Gasteiger partial charge on any atom is -0.374 e. The van der Waals surface area contributed by atoms with Crippen LogP contribution in [0.3, 0.4) is 0 Å². The SMILES string of the molecule is O=[N+]([O-])OC([C](OCCOCc1ccc(Cl)cc1)c1ccc(Cl)cc1Cl)n1ccnc1. The molecule has 1 atom stereocenters. The van der Waals surface area contributed by atoms with Gasteiger partial charge in [-0.1, -0.05) is 53.0 Å². The topological polar surface area (TPSA) is 88.7 Å². The van der Waals surface area contributed by atoms with Crippen LogP contribution in [0.2, 0.25) is 15.1 Å². The molecule has 3 rings (SSSR count). The molecule has 3 aromatic rings. The summed E-state index contributed by atoms with van der Waals surface area (Å²) >= 11 is 18.2. The van der Waals surface area contributed by atoms with Gasteiger partial charge in [-0.2, -0.15) is 0 Å². The van der Waals surface area contributed by atoms with E-state index < -0.39 is 11.3 Å². The Kier molecular flexibility index (Phi) is 8.51. The second-order valence-electron chi connectivity index (χ2n) is 6.21. The Morgan fingerprint density at radius 2 is 1.84 bits per heavy atom. The Hall–Kier alpha value is -2.36. The van der Waals surface area contributed by atoms with E-state index in [1.165, 1.54) is 29.4 Å². The molecule has 11 heteroatoms. The number of ether oxygens (including phenoxy) is 2. The fraction of sp³-hybridized carbons (Fsp3) is 0.200. The van der Waals surface area contributed by atoms with Crippen LogP contribution in [-0.4, -0.2) is 27.9 Å². The average Bonchev–Trinajstić information content (AvgIpc) is 3.26. The number of benzene rings is 2. The van der Waals surface area contributed by atoms with Crippen LogP contribution in [0.15, 0.2) is 61.2 Å². The quantitative estimate of drug-likeness (QED) is 0.206. The summed E-state index contributed by atoms with van der Waals surface area (Å²) in [6.07, 6.45) is 3.22. The minimum atomic E-state index is -1.24. The first kappa shape index (κ1) is 23.3. The van der Waals surface area contributed by atoms with E-state index >= 15 is 0 Å². The Bertz CT molecular complexity index is 986. The van der Waals surface area contributed by atoms with Gasteiger partial charge in [0.2, 0.25) is 6.23 Å². The summed E-state index contributed by atoms with van der Waals surface area (Å²) in [4.78, 5) is 19.9. The normalized spacial score (nSPS) is 12.1. The molecule has 31 heavy (non-hydrogen) atoms. The van der Waals surface area contributed by atoms with Crippen molar-refractivity contribution in [3.63, 3.8) is 0 Å². The lowest BCUT2D eigenvalue weighted by molar-refractivity contribution is -0.775. The molecule has 1 unspecified atom stereocenters. The lowest BCUT2D eigenvalue weighted by Crippen LogP contribution is -2.26. The van der Waals surface area contributed by atoms with Crippen LogP contribution in [0.4, 0.5) is 0 Å². The summed E-state index contributed by atoms with van der Waals surface area (Å²) < 4.78 is 12.9. The molecule has 1 heterocycles. The molecule has 163 valence electrons. The summed E-state index contributed by atoms with van der Waals surface area (Å²) in [6.45, 7) is 0.661. The van der Waals surface area contributed by atoms with Gasteiger partial charge in [-0.3, -0.25) is 4.84 Å². The van der Waals surface area contributed by atoms with Crippen LogP contribution >= 0.6 is 34.8 Å². The summed E-state index contributed by atoms with van der Waals surface area (Å²) in [7, 11) is 0. The van der Waals surface area contributed by atoms with Crippen molar-refractivity contribution >= 4 is 34.8 Å². The highest BCUT2D eigenvalue weighted by Crippen LogP contribution is 2.35. The highest BCUT2D eigenvalue weighted by molar-refractivity contribution is 6.35. The second kappa shape index (κ2) is 11.3. The molecule has 0 amide bonds. The third-order valence-corrected chi connectivity index (χ3v) is 4.87. The van der Waals surface area contributed by atoms with Crippen molar-refractivity contribution in [3.8, 4) is 0 Å². The van der Waals surface area contributed by atoms with E-state index in [0.29, 0.717) is 22.2 Å². The van der Waals surface area contributed by atoms with Crippen LogP contribution in [0, 0.1) is 16.2 Å². The average molecular weight is 486 g/mol. The van der Waals surface area contributed by atoms with Gasteiger partial charge in [-0.25, -0.2) is 4.98 Å². The Balaban J connectivity index is 1.72. The molecule has 0 saturated heterocycles. The smallest absolute Gasteiger partial charge is 0.296 e. The molecule has 0 aliphatic carbocycles. The summed E-state index contributed by atoms with van der Waals surface area (Å²) in [5.74, 6) is 0. The summed E-state index contributed by atoms with van der Waals surface area (Å²) in [5, 5.41) is 11.5. The second-order valence-corrected chi connectivity index (χ2v) is 7.49. The number of rotatable bonds is 11. The predicted octanol–water partition coefficient (Wildman–Crippen LogP) is 5.36. The van der Waals surface area contributed by atoms with Crippen molar-refractivity contribution in [1.29, 1.82) is 0 Å². The lowest BCUT2D eigenvalue weighted by Gasteiger charge is -2.26. The Morgan fingerprint density at radius 1 is 1.10 bits per heavy atom.